The number of sulfonamides is 1. The Balaban J connectivity index is 2.86. The molecule has 0 aliphatic heterocycles. The van der Waals surface area contributed by atoms with Gasteiger partial charge in [0, 0.05) is 11.6 Å². The highest BCUT2D eigenvalue weighted by Gasteiger charge is 2.15. The number of rotatable bonds is 1. The number of halogens is 1. The lowest BCUT2D eigenvalue weighted by Crippen LogP contribution is -2.13. The summed E-state index contributed by atoms with van der Waals surface area (Å²) in [5.74, 6) is 0. The van der Waals surface area contributed by atoms with Crippen LogP contribution >= 0.6 is 11.6 Å². The lowest BCUT2D eigenvalue weighted by molar-refractivity contribution is 0.597. The third-order valence-electron chi connectivity index (χ3n) is 2.23. The average molecular weight is 257 g/mol. The van der Waals surface area contributed by atoms with Crippen molar-refractivity contribution in [1.82, 2.24) is 4.98 Å². The van der Waals surface area contributed by atoms with Gasteiger partial charge < -0.3 is 0 Å². The summed E-state index contributed by atoms with van der Waals surface area (Å²) < 4.78 is 22.4. The number of nitrogens with zero attached hydrogens (tertiary/aromatic N) is 1. The number of pyridine rings is 1. The summed E-state index contributed by atoms with van der Waals surface area (Å²) in [6.45, 7) is 1.92. The molecule has 0 bridgehead atoms. The predicted octanol–water partition coefficient (Wildman–Crippen LogP) is 1.84. The van der Waals surface area contributed by atoms with E-state index in [1.165, 1.54) is 6.20 Å². The topological polar surface area (TPSA) is 73.1 Å². The van der Waals surface area contributed by atoms with Crippen LogP contribution in [0.5, 0.6) is 0 Å². The molecule has 0 aliphatic rings. The van der Waals surface area contributed by atoms with E-state index in [0.29, 0.717) is 10.9 Å². The van der Waals surface area contributed by atoms with Crippen molar-refractivity contribution in [2.24, 2.45) is 5.14 Å². The lowest BCUT2D eigenvalue weighted by atomic mass is 10.1. The first-order valence-corrected chi connectivity index (χ1v) is 6.39. The second-order valence-corrected chi connectivity index (χ2v) is 5.41. The van der Waals surface area contributed by atoms with Crippen LogP contribution in [0, 0.1) is 6.92 Å². The number of aromatic nitrogens is 1. The van der Waals surface area contributed by atoms with Crippen molar-refractivity contribution in [3.63, 3.8) is 0 Å². The van der Waals surface area contributed by atoms with Crippen molar-refractivity contribution in [1.29, 1.82) is 0 Å². The number of nitrogens with two attached hydrogens (primary N) is 1. The zero-order chi connectivity index (χ0) is 11.9. The van der Waals surface area contributed by atoms with Gasteiger partial charge >= 0.3 is 0 Å². The quantitative estimate of drug-likeness (QED) is 0.846. The van der Waals surface area contributed by atoms with Gasteiger partial charge in [-0.1, -0.05) is 23.7 Å². The van der Waals surface area contributed by atoms with Crippen LogP contribution in [0.4, 0.5) is 0 Å². The van der Waals surface area contributed by atoms with Gasteiger partial charge in [-0.3, -0.25) is 4.98 Å². The number of hydrogen-bond donors (Lipinski definition) is 1. The van der Waals surface area contributed by atoms with Crippen LogP contribution < -0.4 is 5.14 Å². The monoisotopic (exact) mass is 256 g/mol. The molecule has 6 heteroatoms. The molecule has 2 aromatic rings. The van der Waals surface area contributed by atoms with Gasteiger partial charge in [0.05, 0.1) is 10.5 Å². The molecule has 0 amide bonds. The molecule has 2 N–H and O–H groups in total. The molecule has 4 nitrogen and oxygen atoms in total. The summed E-state index contributed by atoms with van der Waals surface area (Å²) >= 11 is 5.98. The first kappa shape index (κ1) is 11.3. The third-order valence-corrected chi connectivity index (χ3v) is 3.68. The standard InChI is InChI=1S/C10H9ClN2O2S/c1-6-2-3-7-8(4-6)13-5-9(10(7)11)16(12,14)15/h2-5H,1H3,(H2,12,14,15). The zero-order valence-corrected chi connectivity index (χ0v) is 10.0. The molecular formula is C10H9ClN2O2S. The fourth-order valence-corrected chi connectivity index (χ4v) is 2.54. The summed E-state index contributed by atoms with van der Waals surface area (Å²) in [6, 6.07) is 5.39. The van der Waals surface area contributed by atoms with Crippen LogP contribution in [-0.4, -0.2) is 13.4 Å². The summed E-state index contributed by atoms with van der Waals surface area (Å²) in [4.78, 5) is 3.88. The van der Waals surface area contributed by atoms with E-state index in [9.17, 15) is 8.42 Å². The van der Waals surface area contributed by atoms with Crippen LogP contribution in [-0.2, 0) is 10.0 Å². The van der Waals surface area contributed by atoms with Gasteiger partial charge in [0.2, 0.25) is 10.0 Å². The minimum absolute atomic E-state index is 0.118. The maximum atomic E-state index is 11.2. The Morgan fingerprint density at radius 1 is 1.38 bits per heavy atom. The van der Waals surface area contributed by atoms with E-state index in [1.54, 1.807) is 6.07 Å². The van der Waals surface area contributed by atoms with Gasteiger partial charge in [0.15, 0.2) is 0 Å². The van der Waals surface area contributed by atoms with E-state index in [1.807, 2.05) is 19.1 Å². The molecule has 1 heterocycles. The van der Waals surface area contributed by atoms with Crippen LogP contribution in [0.25, 0.3) is 10.9 Å². The molecular weight excluding hydrogens is 248 g/mol. The van der Waals surface area contributed by atoms with Crippen molar-refractivity contribution in [2.45, 2.75) is 11.8 Å². The van der Waals surface area contributed by atoms with Crippen LogP contribution in [0.1, 0.15) is 5.56 Å². The van der Waals surface area contributed by atoms with E-state index < -0.39 is 10.0 Å². The first-order valence-electron chi connectivity index (χ1n) is 4.47. The maximum absolute atomic E-state index is 11.2. The van der Waals surface area contributed by atoms with Crippen LogP contribution in [0.15, 0.2) is 29.3 Å². The smallest absolute Gasteiger partial charge is 0.241 e. The third kappa shape index (κ3) is 1.89. The van der Waals surface area contributed by atoms with Crippen molar-refractivity contribution in [2.75, 3.05) is 0 Å². The number of fused-ring (bicyclic) bond motifs is 1. The molecule has 1 aromatic carbocycles. The van der Waals surface area contributed by atoms with E-state index in [2.05, 4.69) is 4.98 Å². The summed E-state index contributed by atoms with van der Waals surface area (Å²) in [5, 5.41) is 5.73. The molecule has 0 spiro atoms. The molecule has 0 unspecified atom stereocenters. The fraction of sp³-hybridized carbons (Fsp3) is 0.100. The molecule has 0 saturated carbocycles. The second kappa shape index (κ2) is 3.69. The normalized spacial score (nSPS) is 11.9. The number of hydrogen-bond acceptors (Lipinski definition) is 3. The Kier molecular flexibility index (Phi) is 2.61. The fourth-order valence-electron chi connectivity index (χ4n) is 1.45. The van der Waals surface area contributed by atoms with Gasteiger partial charge in [0.1, 0.15) is 4.90 Å². The van der Waals surface area contributed by atoms with E-state index in [-0.39, 0.29) is 9.92 Å². The average Bonchev–Trinajstić information content (AvgIpc) is 2.15. The predicted molar refractivity (Wildman–Crippen MR) is 62.9 cm³/mol. The largest absolute Gasteiger partial charge is 0.255 e. The van der Waals surface area contributed by atoms with Crippen molar-refractivity contribution < 1.29 is 8.42 Å². The molecule has 16 heavy (non-hydrogen) atoms. The first-order chi connectivity index (χ1) is 7.39. The number of benzene rings is 1. The highest BCUT2D eigenvalue weighted by atomic mass is 35.5. The SMILES string of the molecule is Cc1ccc2c(Cl)c(S(N)(=O)=O)cnc2c1. The Hall–Kier alpha value is -1.17. The van der Waals surface area contributed by atoms with E-state index >= 15 is 0 Å². The van der Waals surface area contributed by atoms with Gasteiger partial charge in [-0.05, 0) is 18.6 Å². The minimum atomic E-state index is -3.83. The summed E-state index contributed by atoms with van der Waals surface area (Å²) in [7, 11) is -3.83. The van der Waals surface area contributed by atoms with E-state index in [0.717, 1.165) is 5.56 Å². The molecule has 1 aromatic heterocycles. The Morgan fingerprint density at radius 3 is 2.69 bits per heavy atom. The molecule has 0 atom stereocenters. The number of primary sulfonamides is 1. The van der Waals surface area contributed by atoms with Gasteiger partial charge in [-0.15, -0.1) is 0 Å². The van der Waals surface area contributed by atoms with Crippen molar-refractivity contribution in [3.8, 4) is 0 Å². The number of aryl methyl sites for hydroxylation is 1. The van der Waals surface area contributed by atoms with E-state index in [4.69, 9.17) is 16.7 Å². The maximum Gasteiger partial charge on any atom is 0.241 e. The molecule has 0 radical (unpaired) electrons. The zero-order valence-electron chi connectivity index (χ0n) is 8.44. The van der Waals surface area contributed by atoms with Gasteiger partial charge in [0.25, 0.3) is 0 Å². The molecule has 0 aliphatic carbocycles. The lowest BCUT2D eigenvalue weighted by Gasteiger charge is -2.05. The highest BCUT2D eigenvalue weighted by molar-refractivity contribution is 7.89. The molecule has 0 fully saturated rings. The Morgan fingerprint density at radius 2 is 2.06 bits per heavy atom. The molecule has 2 rings (SSSR count). The Labute approximate surface area is 98.1 Å². The van der Waals surface area contributed by atoms with Gasteiger partial charge in [-0.25, -0.2) is 13.6 Å². The van der Waals surface area contributed by atoms with Crippen molar-refractivity contribution in [3.05, 3.63) is 35.0 Å². The summed E-state index contributed by atoms with van der Waals surface area (Å²) in [5.41, 5.74) is 1.68. The molecule has 0 saturated heterocycles. The second-order valence-electron chi connectivity index (χ2n) is 3.50. The van der Waals surface area contributed by atoms with Gasteiger partial charge in [-0.2, -0.15) is 0 Å². The van der Waals surface area contributed by atoms with Crippen LogP contribution in [0.3, 0.4) is 0 Å². The highest BCUT2D eigenvalue weighted by Crippen LogP contribution is 2.28. The summed E-state index contributed by atoms with van der Waals surface area (Å²) in [6.07, 6.45) is 1.18. The molecule has 84 valence electrons. The van der Waals surface area contributed by atoms with Crippen molar-refractivity contribution >= 4 is 32.5 Å². The minimum Gasteiger partial charge on any atom is -0.255 e. The Bertz CT molecular complexity index is 668. The van der Waals surface area contributed by atoms with Crippen LogP contribution in [0.2, 0.25) is 5.02 Å².